The zero-order chi connectivity index (χ0) is 31.3. The number of aromatic nitrogens is 5. The number of hydrogen-bond donors (Lipinski definition) is 3. The van der Waals surface area contributed by atoms with Gasteiger partial charge in [0.15, 0.2) is 22.9 Å². The van der Waals surface area contributed by atoms with Crippen LogP contribution in [0.1, 0.15) is 84.5 Å². The van der Waals surface area contributed by atoms with E-state index in [1.807, 2.05) is 4.68 Å². The van der Waals surface area contributed by atoms with Crippen LogP contribution in [0.15, 0.2) is 21.8 Å². The van der Waals surface area contributed by atoms with E-state index in [1.165, 1.54) is 16.2 Å². The van der Waals surface area contributed by atoms with Crippen LogP contribution in [0.3, 0.4) is 0 Å². The molecule has 1 aliphatic heterocycles. The number of rotatable bonds is 7. The van der Waals surface area contributed by atoms with Crippen molar-refractivity contribution in [2.45, 2.75) is 75.8 Å². The smallest absolute Gasteiger partial charge is 0.184 e. The van der Waals surface area contributed by atoms with Crippen LogP contribution in [0.5, 0.6) is 0 Å². The Kier molecular flexibility index (Phi) is 7.67. The minimum atomic E-state index is -0.414. The van der Waals surface area contributed by atoms with Gasteiger partial charge in [0.05, 0.1) is 41.3 Å². The molecule has 3 unspecified atom stereocenters. The second kappa shape index (κ2) is 11.7. The van der Waals surface area contributed by atoms with E-state index in [0.29, 0.717) is 51.7 Å². The number of aliphatic hydroxyl groups excluding tert-OH is 1. The molecule has 4 aromatic heterocycles. The summed E-state index contributed by atoms with van der Waals surface area (Å²) in [6, 6.07) is 2.74. The second-order valence-electron chi connectivity index (χ2n) is 12.4. The highest BCUT2D eigenvalue weighted by Gasteiger charge is 2.48. The van der Waals surface area contributed by atoms with Crippen LogP contribution in [0.25, 0.3) is 28.2 Å². The first kappa shape index (κ1) is 29.6. The molecule has 0 saturated carbocycles. The minimum absolute atomic E-state index is 0.0281. The number of nitriles is 1. The highest BCUT2D eigenvalue weighted by molar-refractivity contribution is 7.16. The monoisotopic (exact) mass is 626 g/mol. The Hall–Kier alpha value is -4.12. The Balaban J connectivity index is 1.35. The van der Waals surface area contributed by atoms with Gasteiger partial charge in [0.2, 0.25) is 0 Å². The Bertz CT molecular complexity index is 1860. The topological polar surface area (TPSA) is 181 Å². The number of likely N-dealkylation sites (N-methyl/N-ethyl adjacent to an activating group) is 1. The van der Waals surface area contributed by atoms with Gasteiger partial charge < -0.3 is 26.0 Å². The predicted octanol–water partition coefficient (Wildman–Crippen LogP) is 3.97. The maximum atomic E-state index is 10.1. The molecule has 0 radical (unpaired) electrons. The van der Waals surface area contributed by atoms with Crippen LogP contribution in [0, 0.1) is 11.3 Å². The number of aliphatic imine (C=N–C) groups is 1. The SMILES string of the molecule is CC(C1CCCN1C)n1nc(/C(N)=C/C=NCCO)c2cnc(-c3noc4c3CCCC43CCCc4sc(N)c(C#N)c43)nc21. The third-order valence-electron chi connectivity index (χ3n) is 9.90. The Morgan fingerprint density at radius 1 is 1.33 bits per heavy atom. The number of nitrogen functional groups attached to an aromatic ring is 1. The first-order valence-electron chi connectivity index (χ1n) is 15.7. The number of likely N-dealkylation sites (tertiary alicyclic amines) is 1. The largest absolute Gasteiger partial charge is 0.397 e. The average molecular weight is 627 g/mol. The summed E-state index contributed by atoms with van der Waals surface area (Å²) in [7, 11) is 2.15. The van der Waals surface area contributed by atoms with Crippen molar-refractivity contribution in [1.29, 1.82) is 5.26 Å². The van der Waals surface area contributed by atoms with Crippen molar-refractivity contribution in [1.82, 2.24) is 29.8 Å². The molecule has 5 N–H and O–H groups in total. The van der Waals surface area contributed by atoms with E-state index >= 15 is 0 Å². The lowest BCUT2D eigenvalue weighted by Crippen LogP contribution is -2.35. The number of hydrogen-bond acceptors (Lipinski definition) is 12. The van der Waals surface area contributed by atoms with Crippen molar-refractivity contribution in [2.24, 2.45) is 10.7 Å². The van der Waals surface area contributed by atoms with E-state index in [9.17, 15) is 5.26 Å². The van der Waals surface area contributed by atoms with Crippen LogP contribution < -0.4 is 11.5 Å². The number of aliphatic hydroxyl groups is 1. The van der Waals surface area contributed by atoms with Gasteiger partial charge in [-0.1, -0.05) is 5.16 Å². The summed E-state index contributed by atoms with van der Waals surface area (Å²) in [5.41, 5.74) is 17.4. The van der Waals surface area contributed by atoms with E-state index in [0.717, 1.165) is 80.2 Å². The summed E-state index contributed by atoms with van der Waals surface area (Å²) in [6.07, 6.45) is 12.7. The Morgan fingerprint density at radius 3 is 2.91 bits per heavy atom. The van der Waals surface area contributed by atoms with E-state index in [1.54, 1.807) is 18.5 Å². The number of anilines is 1. The van der Waals surface area contributed by atoms with Crippen LogP contribution in [0.2, 0.25) is 0 Å². The average Bonchev–Trinajstić information content (AvgIpc) is 3.83. The molecule has 0 aromatic carbocycles. The van der Waals surface area contributed by atoms with Gasteiger partial charge in [0.25, 0.3) is 0 Å². The molecule has 13 heteroatoms. The molecule has 1 saturated heterocycles. The van der Waals surface area contributed by atoms with Crippen LogP contribution in [-0.2, 0) is 18.3 Å². The third kappa shape index (κ3) is 4.74. The summed E-state index contributed by atoms with van der Waals surface area (Å²) in [6.45, 7) is 3.50. The zero-order valence-electron chi connectivity index (χ0n) is 25.7. The molecular weight excluding hydrogens is 588 g/mol. The molecule has 234 valence electrons. The minimum Gasteiger partial charge on any atom is -0.397 e. The fourth-order valence-corrected chi connectivity index (χ4v) is 8.97. The molecule has 5 heterocycles. The third-order valence-corrected chi connectivity index (χ3v) is 11.0. The number of fused-ring (bicyclic) bond motifs is 5. The molecule has 45 heavy (non-hydrogen) atoms. The predicted molar refractivity (Wildman–Crippen MR) is 174 cm³/mol. The lowest BCUT2D eigenvalue weighted by atomic mass is 9.63. The molecule has 3 atom stereocenters. The number of aryl methyl sites for hydroxylation is 1. The van der Waals surface area contributed by atoms with Gasteiger partial charge in [-0.05, 0) is 83.5 Å². The van der Waals surface area contributed by atoms with E-state index in [4.69, 9.17) is 36.2 Å². The molecule has 4 aromatic rings. The van der Waals surface area contributed by atoms with Crippen molar-refractivity contribution in [3.05, 3.63) is 45.3 Å². The molecule has 1 spiro atoms. The lowest BCUT2D eigenvalue weighted by molar-refractivity contribution is 0.232. The molecule has 12 nitrogen and oxygen atoms in total. The number of thiophene rings is 1. The van der Waals surface area contributed by atoms with E-state index in [-0.39, 0.29) is 12.6 Å². The van der Waals surface area contributed by atoms with Gasteiger partial charge in [-0.3, -0.25) is 4.99 Å². The maximum Gasteiger partial charge on any atom is 0.184 e. The summed E-state index contributed by atoms with van der Waals surface area (Å²) in [4.78, 5) is 17.6. The Labute approximate surface area is 265 Å². The molecule has 0 bridgehead atoms. The molecule has 0 amide bonds. The number of nitrogens with two attached hydrogens (primary N) is 2. The lowest BCUT2D eigenvalue weighted by Gasteiger charge is -2.39. The van der Waals surface area contributed by atoms with Crippen molar-refractivity contribution in [3.8, 4) is 17.6 Å². The van der Waals surface area contributed by atoms with Crippen molar-refractivity contribution in [3.63, 3.8) is 0 Å². The highest BCUT2D eigenvalue weighted by atomic mass is 32.1. The molecule has 1 fully saturated rings. The van der Waals surface area contributed by atoms with Gasteiger partial charge in [-0.25, -0.2) is 14.6 Å². The zero-order valence-corrected chi connectivity index (χ0v) is 26.5. The maximum absolute atomic E-state index is 10.1. The van der Waals surface area contributed by atoms with Gasteiger partial charge in [-0.15, -0.1) is 11.3 Å². The summed E-state index contributed by atoms with van der Waals surface area (Å²) < 4.78 is 8.20. The standard InChI is InChI=1S/C32H38N10O2S/c1-18(23-7-5-14-41(23)2)42-31-21(26(39-42)22(34)9-12-36-13-15-43)17-37-30(38-31)27-19-6-3-10-32(28(19)44-40-27)11-4-8-24-25(32)20(16-33)29(35)45-24/h9,12,17-18,23,43H,3-8,10-11,13-15,34-35H2,1-2H3/b22-9-,36-12?. The summed E-state index contributed by atoms with van der Waals surface area (Å²) in [5, 5.41) is 30.0. The van der Waals surface area contributed by atoms with Crippen LogP contribution in [0.4, 0.5) is 5.00 Å². The fraction of sp³-hybridized carbons (Fsp3) is 0.500. The van der Waals surface area contributed by atoms with Crippen molar-refractivity contribution >= 4 is 39.3 Å². The van der Waals surface area contributed by atoms with E-state index in [2.05, 4.69) is 35.1 Å². The molecule has 2 aliphatic carbocycles. The second-order valence-corrected chi connectivity index (χ2v) is 13.6. The van der Waals surface area contributed by atoms with Gasteiger partial charge in [0, 0.05) is 28.9 Å². The molecular formula is C32H38N10O2S. The quantitative estimate of drug-likeness (QED) is 0.254. The first-order chi connectivity index (χ1) is 21.9. The Morgan fingerprint density at radius 2 is 2.16 bits per heavy atom. The van der Waals surface area contributed by atoms with Gasteiger partial charge >= 0.3 is 0 Å². The number of allylic oxidation sites excluding steroid dienone is 1. The normalized spacial score (nSPS) is 22.7. The molecule has 3 aliphatic rings. The van der Waals surface area contributed by atoms with E-state index < -0.39 is 5.41 Å². The highest BCUT2D eigenvalue weighted by Crippen LogP contribution is 2.55. The van der Waals surface area contributed by atoms with Crippen LogP contribution >= 0.6 is 11.3 Å². The van der Waals surface area contributed by atoms with Gasteiger partial charge in [0.1, 0.15) is 16.8 Å². The van der Waals surface area contributed by atoms with Gasteiger partial charge in [-0.2, -0.15) is 10.4 Å². The first-order valence-corrected chi connectivity index (χ1v) is 16.5. The van der Waals surface area contributed by atoms with Crippen molar-refractivity contribution in [2.75, 3.05) is 32.5 Å². The van der Waals surface area contributed by atoms with Crippen molar-refractivity contribution < 1.29 is 9.63 Å². The number of nitrogens with zero attached hydrogens (tertiary/aromatic N) is 8. The molecule has 7 rings (SSSR count). The fourth-order valence-electron chi connectivity index (χ4n) is 7.80. The summed E-state index contributed by atoms with van der Waals surface area (Å²) >= 11 is 1.54. The summed E-state index contributed by atoms with van der Waals surface area (Å²) in [5.74, 6) is 1.31. The van der Waals surface area contributed by atoms with Crippen LogP contribution in [-0.4, -0.2) is 73.9 Å².